The highest BCUT2D eigenvalue weighted by Gasteiger charge is 2.31. The highest BCUT2D eigenvalue weighted by Crippen LogP contribution is 2.45. The molecule has 3 nitrogen and oxygen atoms in total. The predicted molar refractivity (Wildman–Crippen MR) is 116 cm³/mol. The number of likely N-dealkylation sites (tertiary alicyclic amines) is 1. The summed E-state index contributed by atoms with van der Waals surface area (Å²) in [4.78, 5) is 26.9. The summed E-state index contributed by atoms with van der Waals surface area (Å²) < 4.78 is 0. The normalized spacial score (nSPS) is 21.2. The molecule has 5 rings (SSSR count). The predicted octanol–water partition coefficient (Wildman–Crippen LogP) is 5.06. The number of ketones is 2. The van der Waals surface area contributed by atoms with Crippen LogP contribution in [0.5, 0.6) is 0 Å². The van der Waals surface area contributed by atoms with Crippen molar-refractivity contribution in [1.82, 2.24) is 4.90 Å². The van der Waals surface area contributed by atoms with Gasteiger partial charge in [-0.2, -0.15) is 0 Å². The van der Waals surface area contributed by atoms with Crippen LogP contribution in [-0.4, -0.2) is 36.6 Å². The molecule has 150 valence electrons. The third-order valence-corrected chi connectivity index (χ3v) is 7.30. The minimum Gasteiger partial charge on any atom is -0.306 e. The van der Waals surface area contributed by atoms with Gasteiger partial charge < -0.3 is 4.90 Å². The second-order valence-electron chi connectivity index (χ2n) is 9.31. The Morgan fingerprint density at radius 2 is 1.86 bits per heavy atom. The van der Waals surface area contributed by atoms with Gasteiger partial charge in [0.2, 0.25) is 0 Å². The van der Waals surface area contributed by atoms with E-state index in [-0.39, 0.29) is 11.6 Å². The van der Waals surface area contributed by atoms with Crippen molar-refractivity contribution in [3.63, 3.8) is 0 Å². The van der Waals surface area contributed by atoms with E-state index in [0.717, 1.165) is 36.3 Å². The molecule has 0 aromatic heterocycles. The molecule has 0 bridgehead atoms. The van der Waals surface area contributed by atoms with Crippen LogP contribution in [0.1, 0.15) is 75.9 Å². The largest absolute Gasteiger partial charge is 0.306 e. The number of carbonyl (C=O) groups excluding carboxylic acids is 2. The number of carbonyl (C=O) groups is 2. The molecule has 1 fully saturated rings. The highest BCUT2D eigenvalue weighted by atomic mass is 16.1. The average molecular weight is 388 g/mol. The highest BCUT2D eigenvalue weighted by molar-refractivity contribution is 6.03. The maximum Gasteiger partial charge on any atom is 0.163 e. The van der Waals surface area contributed by atoms with Crippen molar-refractivity contribution < 1.29 is 9.59 Å². The molecule has 2 aromatic rings. The van der Waals surface area contributed by atoms with Gasteiger partial charge in [0.05, 0.1) is 0 Å². The Morgan fingerprint density at radius 1 is 1.03 bits per heavy atom. The molecular formula is C26H29NO2. The molecule has 1 unspecified atom stereocenters. The average Bonchev–Trinajstić information content (AvgIpc) is 2.98. The maximum absolute atomic E-state index is 12.4. The topological polar surface area (TPSA) is 37.4 Å². The lowest BCUT2D eigenvalue weighted by molar-refractivity contribution is 0.0991. The van der Waals surface area contributed by atoms with Gasteiger partial charge in [0.15, 0.2) is 11.6 Å². The van der Waals surface area contributed by atoms with Crippen LogP contribution in [0.4, 0.5) is 0 Å². The molecule has 2 aliphatic carbocycles. The second-order valence-corrected chi connectivity index (χ2v) is 9.31. The van der Waals surface area contributed by atoms with Crippen LogP contribution >= 0.6 is 0 Å². The van der Waals surface area contributed by atoms with E-state index in [1.807, 2.05) is 12.1 Å². The van der Waals surface area contributed by atoms with Crippen molar-refractivity contribution in [1.29, 1.82) is 0 Å². The number of benzene rings is 2. The summed E-state index contributed by atoms with van der Waals surface area (Å²) in [7, 11) is 2.19. The SMILES string of the molecule is CC(=O)c1ccc2c(c1)-c1c(ccc3c1CCC3=O)CCC2CCC1CN(C)C1. The molecule has 0 radical (unpaired) electrons. The molecule has 3 heteroatoms. The smallest absolute Gasteiger partial charge is 0.163 e. The van der Waals surface area contributed by atoms with Gasteiger partial charge in [-0.25, -0.2) is 0 Å². The number of nitrogens with zero attached hydrogens (tertiary/aromatic N) is 1. The van der Waals surface area contributed by atoms with Gasteiger partial charge in [-0.3, -0.25) is 9.59 Å². The third kappa shape index (κ3) is 3.26. The number of aryl methyl sites for hydroxylation is 1. The van der Waals surface area contributed by atoms with Crippen LogP contribution in [0.3, 0.4) is 0 Å². The van der Waals surface area contributed by atoms with Crippen molar-refractivity contribution >= 4 is 11.6 Å². The van der Waals surface area contributed by atoms with Crippen molar-refractivity contribution in [3.8, 4) is 11.1 Å². The van der Waals surface area contributed by atoms with Gasteiger partial charge in [-0.05, 0) is 91.8 Å². The van der Waals surface area contributed by atoms with E-state index in [1.165, 1.54) is 53.7 Å². The minimum absolute atomic E-state index is 0.108. The molecule has 0 amide bonds. The van der Waals surface area contributed by atoms with E-state index in [1.54, 1.807) is 6.92 Å². The fraction of sp³-hybridized carbons (Fsp3) is 0.462. The van der Waals surface area contributed by atoms with Crippen molar-refractivity contribution in [3.05, 3.63) is 58.1 Å². The van der Waals surface area contributed by atoms with Crippen LogP contribution in [-0.2, 0) is 12.8 Å². The summed E-state index contributed by atoms with van der Waals surface area (Å²) in [5, 5.41) is 0. The summed E-state index contributed by atoms with van der Waals surface area (Å²) in [6.07, 6.45) is 6.13. The number of hydrogen-bond donors (Lipinski definition) is 0. The van der Waals surface area contributed by atoms with Crippen LogP contribution in [0.15, 0.2) is 30.3 Å². The van der Waals surface area contributed by atoms with E-state index >= 15 is 0 Å². The molecule has 1 heterocycles. The molecule has 0 saturated carbocycles. The first-order valence-corrected chi connectivity index (χ1v) is 11.0. The van der Waals surface area contributed by atoms with Crippen molar-refractivity contribution in [2.45, 2.75) is 51.4 Å². The molecule has 1 saturated heterocycles. The zero-order chi connectivity index (χ0) is 20.1. The lowest BCUT2D eigenvalue weighted by Crippen LogP contribution is -2.43. The standard InChI is InChI=1S/C26H29NO2/c1-16(28)20-8-9-21-18(4-3-17-14-27(2)15-17)5-6-19-7-10-22-23(11-12-25(22)29)26(19)24(21)13-20/h7-10,13,17-18H,3-6,11-12,14-15H2,1-2H3. The van der Waals surface area contributed by atoms with Crippen LogP contribution in [0.25, 0.3) is 11.1 Å². The Morgan fingerprint density at radius 3 is 2.62 bits per heavy atom. The Hall–Kier alpha value is -2.26. The van der Waals surface area contributed by atoms with Gasteiger partial charge in [0.25, 0.3) is 0 Å². The lowest BCUT2D eigenvalue weighted by Gasteiger charge is -2.37. The number of fused-ring (bicyclic) bond motifs is 5. The van der Waals surface area contributed by atoms with Gasteiger partial charge in [0.1, 0.15) is 0 Å². The lowest BCUT2D eigenvalue weighted by atomic mass is 9.83. The molecule has 0 spiro atoms. The Labute approximate surface area is 173 Å². The number of rotatable bonds is 4. The number of Topliss-reactive ketones (excluding diaryl/α,β-unsaturated/α-hetero) is 2. The van der Waals surface area contributed by atoms with Crippen LogP contribution in [0, 0.1) is 5.92 Å². The molecule has 0 N–H and O–H groups in total. The van der Waals surface area contributed by atoms with Gasteiger partial charge in [0, 0.05) is 30.6 Å². The van der Waals surface area contributed by atoms with E-state index in [2.05, 4.69) is 30.1 Å². The summed E-state index contributed by atoms with van der Waals surface area (Å²) in [6.45, 7) is 4.08. The second kappa shape index (κ2) is 7.21. The first-order chi connectivity index (χ1) is 14.0. The van der Waals surface area contributed by atoms with Crippen molar-refractivity contribution in [2.24, 2.45) is 5.92 Å². The van der Waals surface area contributed by atoms with Gasteiger partial charge in [-0.15, -0.1) is 0 Å². The van der Waals surface area contributed by atoms with Gasteiger partial charge >= 0.3 is 0 Å². The zero-order valence-corrected chi connectivity index (χ0v) is 17.5. The van der Waals surface area contributed by atoms with Crippen molar-refractivity contribution in [2.75, 3.05) is 20.1 Å². The maximum atomic E-state index is 12.4. The Balaban J connectivity index is 1.58. The van der Waals surface area contributed by atoms with Crippen LogP contribution < -0.4 is 0 Å². The minimum atomic E-state index is 0.108. The van der Waals surface area contributed by atoms with E-state index in [0.29, 0.717) is 12.3 Å². The monoisotopic (exact) mass is 387 g/mol. The van der Waals surface area contributed by atoms with E-state index < -0.39 is 0 Å². The first-order valence-electron chi connectivity index (χ1n) is 11.0. The summed E-state index contributed by atoms with van der Waals surface area (Å²) in [6, 6.07) is 10.5. The third-order valence-electron chi connectivity index (χ3n) is 7.30. The molecule has 29 heavy (non-hydrogen) atoms. The molecule has 2 aromatic carbocycles. The quantitative estimate of drug-likeness (QED) is 0.689. The molecule has 1 atom stereocenters. The van der Waals surface area contributed by atoms with Gasteiger partial charge in [-0.1, -0.05) is 24.3 Å². The number of hydrogen-bond acceptors (Lipinski definition) is 3. The fourth-order valence-corrected chi connectivity index (χ4v) is 5.71. The fourth-order valence-electron chi connectivity index (χ4n) is 5.71. The Bertz CT molecular complexity index is 1000. The Kier molecular flexibility index (Phi) is 4.66. The summed E-state index contributed by atoms with van der Waals surface area (Å²) >= 11 is 0. The summed E-state index contributed by atoms with van der Waals surface area (Å²) in [5.41, 5.74) is 8.11. The zero-order valence-electron chi connectivity index (χ0n) is 17.5. The summed E-state index contributed by atoms with van der Waals surface area (Å²) in [5.74, 6) is 1.72. The van der Waals surface area contributed by atoms with E-state index in [4.69, 9.17) is 0 Å². The van der Waals surface area contributed by atoms with Crippen LogP contribution in [0.2, 0.25) is 0 Å². The van der Waals surface area contributed by atoms with E-state index in [9.17, 15) is 9.59 Å². The first kappa shape index (κ1) is 18.7. The molecule has 3 aliphatic rings. The molecular weight excluding hydrogens is 358 g/mol. The molecule has 1 aliphatic heterocycles.